The third kappa shape index (κ3) is 4.97. The van der Waals surface area contributed by atoms with Crippen molar-refractivity contribution >= 4 is 34.9 Å². The van der Waals surface area contributed by atoms with Crippen molar-refractivity contribution < 1.29 is 24.5 Å². The smallest absolute Gasteiger partial charge is 0.311 e. The first-order chi connectivity index (χ1) is 11.0. The highest BCUT2D eigenvalue weighted by molar-refractivity contribution is 8.01. The highest BCUT2D eigenvalue weighted by Gasteiger charge is 2.12. The summed E-state index contributed by atoms with van der Waals surface area (Å²) < 4.78 is 5.53. The maximum Gasteiger partial charge on any atom is 0.311 e. The molecule has 0 fully saturated rings. The van der Waals surface area contributed by atoms with Crippen LogP contribution in [0.1, 0.15) is 23.0 Å². The fraction of sp³-hybridized carbons (Fsp3) is 0.267. The van der Waals surface area contributed by atoms with Crippen molar-refractivity contribution in [2.45, 2.75) is 17.7 Å². The maximum atomic E-state index is 12.0. The summed E-state index contributed by atoms with van der Waals surface area (Å²) >= 11 is 2.61. The topological polar surface area (TPSA) is 96.7 Å². The molecule has 0 bridgehead atoms. The standard InChI is InChI=1S/C15H15NO5S2/c1-2-21-14(20)6-10-7-22-15(16-10)23-8-13(19)9-3-4-11(17)12(18)5-9/h3-5,7,17-18H,2,6,8H2,1H3. The Kier molecular flexibility index (Phi) is 6.00. The molecule has 0 aliphatic heterocycles. The summed E-state index contributed by atoms with van der Waals surface area (Å²) in [6.07, 6.45) is 0.116. The number of esters is 1. The minimum atomic E-state index is -0.329. The van der Waals surface area contributed by atoms with E-state index in [4.69, 9.17) is 4.74 Å². The van der Waals surface area contributed by atoms with E-state index in [1.807, 2.05) is 0 Å². The van der Waals surface area contributed by atoms with Crippen molar-refractivity contribution in [3.05, 3.63) is 34.8 Å². The summed E-state index contributed by atoms with van der Waals surface area (Å²) in [5.41, 5.74) is 0.932. The van der Waals surface area contributed by atoms with Gasteiger partial charge in [0.15, 0.2) is 21.6 Å². The van der Waals surface area contributed by atoms with E-state index in [9.17, 15) is 19.8 Å². The third-order valence-corrected chi connectivity index (χ3v) is 4.86. The van der Waals surface area contributed by atoms with E-state index >= 15 is 0 Å². The Morgan fingerprint density at radius 2 is 2.09 bits per heavy atom. The van der Waals surface area contributed by atoms with E-state index < -0.39 is 0 Å². The number of nitrogens with zero attached hydrogens (tertiary/aromatic N) is 1. The molecule has 0 radical (unpaired) electrons. The zero-order valence-electron chi connectivity index (χ0n) is 12.3. The number of aromatic hydroxyl groups is 2. The fourth-order valence-corrected chi connectivity index (χ4v) is 3.44. The lowest BCUT2D eigenvalue weighted by Crippen LogP contribution is -2.07. The highest BCUT2D eigenvalue weighted by Crippen LogP contribution is 2.27. The molecule has 0 spiro atoms. The molecule has 0 saturated heterocycles. The van der Waals surface area contributed by atoms with Crippen molar-refractivity contribution in [3.8, 4) is 11.5 Å². The number of ketones is 1. The Hall–Kier alpha value is -2.06. The van der Waals surface area contributed by atoms with Crippen LogP contribution in [0, 0.1) is 0 Å². The quantitative estimate of drug-likeness (QED) is 0.342. The van der Waals surface area contributed by atoms with E-state index in [0.717, 1.165) is 0 Å². The second-order valence-electron chi connectivity index (χ2n) is 4.50. The van der Waals surface area contributed by atoms with Gasteiger partial charge in [0.2, 0.25) is 0 Å². The van der Waals surface area contributed by atoms with Gasteiger partial charge in [-0.1, -0.05) is 11.8 Å². The van der Waals surface area contributed by atoms with Gasteiger partial charge in [0.25, 0.3) is 0 Å². The molecular weight excluding hydrogens is 338 g/mol. The molecule has 0 amide bonds. The van der Waals surface area contributed by atoms with Gasteiger partial charge in [-0.05, 0) is 25.1 Å². The van der Waals surface area contributed by atoms with Gasteiger partial charge in [-0.2, -0.15) is 0 Å². The minimum Gasteiger partial charge on any atom is -0.504 e. The van der Waals surface area contributed by atoms with Crippen LogP contribution >= 0.6 is 23.1 Å². The maximum absolute atomic E-state index is 12.0. The molecule has 0 aliphatic rings. The van der Waals surface area contributed by atoms with Gasteiger partial charge >= 0.3 is 5.97 Å². The number of carbonyl (C=O) groups is 2. The van der Waals surface area contributed by atoms with Crippen LogP contribution < -0.4 is 0 Å². The Morgan fingerprint density at radius 3 is 2.78 bits per heavy atom. The van der Waals surface area contributed by atoms with Crippen molar-refractivity contribution in [1.29, 1.82) is 0 Å². The molecule has 8 heteroatoms. The molecule has 23 heavy (non-hydrogen) atoms. The second-order valence-corrected chi connectivity index (χ2v) is 6.58. The molecular formula is C15H15NO5S2. The molecule has 6 nitrogen and oxygen atoms in total. The molecule has 0 unspecified atom stereocenters. The number of carbonyl (C=O) groups excluding carboxylic acids is 2. The number of Topliss-reactive ketones (excluding diaryl/α,β-unsaturated/α-hetero) is 1. The molecule has 1 heterocycles. The summed E-state index contributed by atoms with van der Waals surface area (Å²) in [5, 5.41) is 20.4. The van der Waals surface area contributed by atoms with Gasteiger partial charge < -0.3 is 14.9 Å². The molecule has 1 aromatic carbocycles. The number of hydrogen-bond acceptors (Lipinski definition) is 8. The molecule has 122 valence electrons. The molecule has 2 rings (SSSR count). The first kappa shape index (κ1) is 17.3. The summed E-state index contributed by atoms with van der Waals surface area (Å²) in [4.78, 5) is 27.7. The van der Waals surface area contributed by atoms with Crippen LogP contribution in [-0.4, -0.2) is 39.3 Å². The zero-order valence-corrected chi connectivity index (χ0v) is 13.9. The van der Waals surface area contributed by atoms with Crippen LogP contribution in [-0.2, 0) is 16.0 Å². The second kappa shape index (κ2) is 7.98. The third-order valence-electron chi connectivity index (χ3n) is 2.79. The Labute approximate surface area is 141 Å². The van der Waals surface area contributed by atoms with E-state index in [-0.39, 0.29) is 35.4 Å². The van der Waals surface area contributed by atoms with Crippen molar-refractivity contribution in [2.75, 3.05) is 12.4 Å². The van der Waals surface area contributed by atoms with Gasteiger partial charge in [-0.3, -0.25) is 9.59 Å². The van der Waals surface area contributed by atoms with Crippen LogP contribution in [0.15, 0.2) is 27.9 Å². The predicted molar refractivity (Wildman–Crippen MR) is 87.3 cm³/mol. The molecule has 1 aromatic heterocycles. The summed E-state index contributed by atoms with van der Waals surface area (Å²) in [5.74, 6) is -0.960. The van der Waals surface area contributed by atoms with Gasteiger partial charge in [0, 0.05) is 10.9 Å². The molecule has 2 aromatic rings. The lowest BCUT2D eigenvalue weighted by atomic mass is 10.1. The number of thioether (sulfide) groups is 1. The molecule has 0 aliphatic carbocycles. The number of phenolic OH excluding ortho intramolecular Hbond substituents is 2. The van der Waals surface area contributed by atoms with E-state index in [1.54, 1.807) is 12.3 Å². The molecule has 0 saturated carbocycles. The number of aromatic nitrogens is 1. The fourth-order valence-electron chi connectivity index (χ4n) is 1.70. The van der Waals surface area contributed by atoms with E-state index in [0.29, 0.717) is 22.2 Å². The number of benzene rings is 1. The SMILES string of the molecule is CCOC(=O)Cc1csc(SCC(=O)c2ccc(O)c(O)c2)n1. The van der Waals surface area contributed by atoms with Crippen LogP contribution in [0.4, 0.5) is 0 Å². The molecule has 2 N–H and O–H groups in total. The number of phenols is 2. The Morgan fingerprint density at radius 1 is 1.30 bits per heavy atom. The van der Waals surface area contributed by atoms with E-state index in [2.05, 4.69) is 4.98 Å². The van der Waals surface area contributed by atoms with Crippen LogP contribution in [0.5, 0.6) is 11.5 Å². The van der Waals surface area contributed by atoms with Gasteiger partial charge in [-0.25, -0.2) is 4.98 Å². The summed E-state index contributed by atoms with van der Waals surface area (Å²) in [7, 11) is 0. The monoisotopic (exact) mass is 353 g/mol. The highest BCUT2D eigenvalue weighted by atomic mass is 32.2. The van der Waals surface area contributed by atoms with Crippen molar-refractivity contribution in [2.24, 2.45) is 0 Å². The number of thiazole rings is 1. The average Bonchev–Trinajstić information content (AvgIpc) is 2.95. The number of rotatable bonds is 7. The van der Waals surface area contributed by atoms with E-state index in [1.165, 1.54) is 41.3 Å². The first-order valence-corrected chi connectivity index (χ1v) is 8.64. The van der Waals surface area contributed by atoms with Gasteiger partial charge in [-0.15, -0.1) is 11.3 Å². The van der Waals surface area contributed by atoms with Gasteiger partial charge in [0.1, 0.15) is 0 Å². The average molecular weight is 353 g/mol. The summed E-state index contributed by atoms with van der Waals surface area (Å²) in [6, 6.07) is 3.95. The zero-order chi connectivity index (χ0) is 16.8. The van der Waals surface area contributed by atoms with Crippen LogP contribution in [0.2, 0.25) is 0 Å². The lowest BCUT2D eigenvalue weighted by Gasteiger charge is -2.02. The largest absolute Gasteiger partial charge is 0.504 e. The Balaban J connectivity index is 1.90. The van der Waals surface area contributed by atoms with Gasteiger partial charge in [0.05, 0.1) is 24.5 Å². The number of hydrogen-bond donors (Lipinski definition) is 2. The predicted octanol–water partition coefficient (Wildman–Crippen LogP) is 2.63. The van der Waals surface area contributed by atoms with Crippen LogP contribution in [0.25, 0.3) is 0 Å². The summed E-state index contributed by atoms with van der Waals surface area (Å²) in [6.45, 7) is 2.07. The normalized spacial score (nSPS) is 10.5. The Bertz CT molecular complexity index is 714. The minimum absolute atomic E-state index is 0.116. The van der Waals surface area contributed by atoms with Crippen LogP contribution in [0.3, 0.4) is 0 Å². The number of ether oxygens (including phenoxy) is 1. The lowest BCUT2D eigenvalue weighted by molar-refractivity contribution is -0.142. The van der Waals surface area contributed by atoms with Crippen molar-refractivity contribution in [3.63, 3.8) is 0 Å². The first-order valence-electron chi connectivity index (χ1n) is 6.77. The molecule has 0 atom stereocenters. The van der Waals surface area contributed by atoms with Crippen molar-refractivity contribution in [1.82, 2.24) is 4.98 Å².